The molecule has 0 unspecified atom stereocenters. The summed E-state index contributed by atoms with van der Waals surface area (Å²) in [5.74, 6) is 0.980. The van der Waals surface area contributed by atoms with E-state index in [4.69, 9.17) is 5.73 Å². The zero-order valence-corrected chi connectivity index (χ0v) is 13.0. The van der Waals surface area contributed by atoms with E-state index in [2.05, 4.69) is 32.0 Å². The van der Waals surface area contributed by atoms with Gasteiger partial charge in [0.25, 0.3) is 0 Å². The number of hydrogen-bond acceptors (Lipinski definition) is 7. The van der Waals surface area contributed by atoms with Gasteiger partial charge in [-0.25, -0.2) is 4.98 Å². The molecule has 6 nitrogen and oxygen atoms in total. The summed E-state index contributed by atoms with van der Waals surface area (Å²) in [5, 5.41) is 8.79. The molecule has 0 atom stereocenters. The van der Waals surface area contributed by atoms with E-state index in [0.29, 0.717) is 11.2 Å². The fourth-order valence-electron chi connectivity index (χ4n) is 2.77. The van der Waals surface area contributed by atoms with Crippen molar-refractivity contribution in [2.24, 2.45) is 0 Å². The van der Waals surface area contributed by atoms with Crippen molar-refractivity contribution in [3.05, 3.63) is 29.4 Å². The highest BCUT2D eigenvalue weighted by Gasteiger charge is 2.23. The predicted octanol–water partition coefficient (Wildman–Crippen LogP) is 1.62. The molecule has 0 radical (unpaired) electrons. The molecule has 21 heavy (non-hydrogen) atoms. The van der Waals surface area contributed by atoms with Gasteiger partial charge in [-0.3, -0.25) is 4.90 Å². The fraction of sp³-hybridized carbons (Fsp3) is 0.500. The number of anilines is 2. The van der Waals surface area contributed by atoms with Crippen molar-refractivity contribution in [2.45, 2.75) is 25.4 Å². The fourth-order valence-corrected chi connectivity index (χ4v) is 3.52. The second-order valence-corrected chi connectivity index (χ2v) is 6.53. The average molecular weight is 304 g/mol. The molecule has 0 bridgehead atoms. The second-order valence-electron chi connectivity index (χ2n) is 5.38. The van der Waals surface area contributed by atoms with E-state index < -0.39 is 0 Å². The van der Waals surface area contributed by atoms with Gasteiger partial charge in [-0.1, -0.05) is 0 Å². The quantitative estimate of drug-likeness (QED) is 0.925. The lowest BCUT2D eigenvalue weighted by Crippen LogP contribution is -2.43. The van der Waals surface area contributed by atoms with Gasteiger partial charge in [0, 0.05) is 42.9 Å². The van der Waals surface area contributed by atoms with Gasteiger partial charge in [-0.15, -0.1) is 16.4 Å². The number of thiazole rings is 1. The minimum Gasteiger partial charge on any atom is -0.375 e. The van der Waals surface area contributed by atoms with Gasteiger partial charge in [0.05, 0.1) is 0 Å². The summed E-state index contributed by atoms with van der Waals surface area (Å²) in [5.41, 5.74) is 5.68. The van der Waals surface area contributed by atoms with E-state index in [-0.39, 0.29) is 0 Å². The van der Waals surface area contributed by atoms with Gasteiger partial charge >= 0.3 is 0 Å². The molecular weight excluding hydrogens is 284 g/mol. The van der Waals surface area contributed by atoms with E-state index >= 15 is 0 Å². The third-order valence-electron chi connectivity index (χ3n) is 3.95. The van der Waals surface area contributed by atoms with Crippen LogP contribution >= 0.6 is 11.3 Å². The molecule has 0 aromatic carbocycles. The molecule has 1 aliphatic rings. The van der Waals surface area contributed by atoms with Crippen molar-refractivity contribution < 1.29 is 0 Å². The Kier molecular flexibility index (Phi) is 4.31. The van der Waals surface area contributed by atoms with E-state index in [1.165, 1.54) is 4.88 Å². The summed E-state index contributed by atoms with van der Waals surface area (Å²) in [4.78, 5) is 10.1. The molecule has 3 rings (SSSR count). The summed E-state index contributed by atoms with van der Waals surface area (Å²) < 4.78 is 0. The topological polar surface area (TPSA) is 71.2 Å². The summed E-state index contributed by atoms with van der Waals surface area (Å²) in [7, 11) is 2.18. The Hall–Kier alpha value is -1.73. The van der Waals surface area contributed by atoms with Crippen LogP contribution in [0.15, 0.2) is 24.5 Å². The highest BCUT2D eigenvalue weighted by Crippen LogP contribution is 2.22. The van der Waals surface area contributed by atoms with Gasteiger partial charge in [-0.2, -0.15) is 5.10 Å². The molecule has 7 heteroatoms. The average Bonchev–Trinajstić information content (AvgIpc) is 2.93. The Labute approximate surface area is 128 Å². The molecule has 3 heterocycles. The van der Waals surface area contributed by atoms with Crippen LogP contribution in [0, 0.1) is 0 Å². The van der Waals surface area contributed by atoms with Crippen LogP contribution in [0.3, 0.4) is 0 Å². The maximum atomic E-state index is 5.68. The smallest absolute Gasteiger partial charge is 0.180 e. The van der Waals surface area contributed by atoms with Crippen molar-refractivity contribution in [3.8, 4) is 0 Å². The molecule has 0 aliphatic carbocycles. The molecule has 0 saturated carbocycles. The number of nitrogen functional groups attached to an aromatic ring is 1. The maximum absolute atomic E-state index is 5.68. The molecule has 0 spiro atoms. The molecule has 0 amide bonds. The predicted molar refractivity (Wildman–Crippen MR) is 85.3 cm³/mol. The van der Waals surface area contributed by atoms with Crippen LogP contribution in [0.25, 0.3) is 0 Å². The maximum Gasteiger partial charge on any atom is 0.180 e. The Morgan fingerprint density at radius 3 is 2.86 bits per heavy atom. The van der Waals surface area contributed by atoms with Crippen molar-refractivity contribution >= 4 is 22.3 Å². The highest BCUT2D eigenvalue weighted by atomic mass is 32.1. The van der Waals surface area contributed by atoms with Gasteiger partial charge in [-0.05, 0) is 32.0 Å². The minimum atomic E-state index is 0.598. The normalized spacial score (nSPS) is 16.6. The van der Waals surface area contributed by atoms with Crippen LogP contribution in [0.4, 0.5) is 10.9 Å². The first-order chi connectivity index (χ1) is 10.2. The zero-order valence-electron chi connectivity index (χ0n) is 12.1. The summed E-state index contributed by atoms with van der Waals surface area (Å²) in [6.45, 7) is 2.97. The largest absolute Gasteiger partial charge is 0.375 e. The Morgan fingerprint density at radius 2 is 2.24 bits per heavy atom. The number of nitrogens with zero attached hydrogens (tertiary/aromatic N) is 5. The van der Waals surface area contributed by atoms with Crippen LogP contribution in [0.2, 0.25) is 0 Å². The van der Waals surface area contributed by atoms with E-state index in [1.807, 2.05) is 18.3 Å². The van der Waals surface area contributed by atoms with Crippen molar-refractivity contribution in [2.75, 3.05) is 30.8 Å². The van der Waals surface area contributed by atoms with Gasteiger partial charge in [0.1, 0.15) is 0 Å². The first-order valence-electron chi connectivity index (χ1n) is 7.15. The van der Waals surface area contributed by atoms with Crippen LogP contribution in [0.1, 0.15) is 17.7 Å². The molecule has 1 fully saturated rings. The standard InChI is InChI=1S/C14H20N6S/c1-19(10-12-9-16-14(15)21-12)11-4-7-20(8-5-11)13-3-2-6-17-18-13/h2-3,6,9,11H,4-5,7-8,10H2,1H3,(H2,15,16). The van der Waals surface area contributed by atoms with Crippen LogP contribution in [-0.4, -0.2) is 46.3 Å². The third-order valence-corrected chi connectivity index (χ3v) is 4.76. The summed E-state index contributed by atoms with van der Waals surface area (Å²) in [6, 6.07) is 4.56. The monoisotopic (exact) mass is 304 g/mol. The number of aromatic nitrogens is 3. The Balaban J connectivity index is 1.53. The molecule has 2 N–H and O–H groups in total. The molecule has 1 saturated heterocycles. The Morgan fingerprint density at radius 1 is 1.43 bits per heavy atom. The molecule has 112 valence electrons. The van der Waals surface area contributed by atoms with Gasteiger partial charge < -0.3 is 10.6 Å². The van der Waals surface area contributed by atoms with Crippen molar-refractivity contribution in [1.29, 1.82) is 0 Å². The number of nitrogens with two attached hydrogens (primary N) is 1. The van der Waals surface area contributed by atoms with E-state index in [0.717, 1.165) is 38.3 Å². The molecule has 2 aromatic rings. The lowest BCUT2D eigenvalue weighted by atomic mass is 10.0. The lowest BCUT2D eigenvalue weighted by Gasteiger charge is -2.36. The highest BCUT2D eigenvalue weighted by molar-refractivity contribution is 7.15. The number of hydrogen-bond donors (Lipinski definition) is 1. The third kappa shape index (κ3) is 3.48. The first-order valence-corrected chi connectivity index (χ1v) is 7.97. The molecule has 2 aromatic heterocycles. The second kappa shape index (κ2) is 6.36. The van der Waals surface area contributed by atoms with Crippen molar-refractivity contribution in [3.63, 3.8) is 0 Å². The number of piperidine rings is 1. The van der Waals surface area contributed by atoms with Crippen molar-refractivity contribution in [1.82, 2.24) is 20.1 Å². The first kappa shape index (κ1) is 14.2. The van der Waals surface area contributed by atoms with Gasteiger partial charge in [0.2, 0.25) is 0 Å². The Bertz CT molecular complexity index is 564. The van der Waals surface area contributed by atoms with E-state index in [1.54, 1.807) is 17.5 Å². The SMILES string of the molecule is CN(Cc1cnc(N)s1)C1CCN(c2cccnn2)CC1. The lowest BCUT2D eigenvalue weighted by molar-refractivity contribution is 0.201. The summed E-state index contributed by atoms with van der Waals surface area (Å²) in [6.07, 6.45) is 5.87. The van der Waals surface area contributed by atoms with E-state index in [9.17, 15) is 0 Å². The van der Waals surface area contributed by atoms with Crippen LogP contribution < -0.4 is 10.6 Å². The molecule has 1 aliphatic heterocycles. The number of rotatable bonds is 4. The van der Waals surface area contributed by atoms with Crippen LogP contribution in [0.5, 0.6) is 0 Å². The molecular formula is C14H20N6S. The zero-order chi connectivity index (χ0) is 14.7. The minimum absolute atomic E-state index is 0.598. The van der Waals surface area contributed by atoms with Gasteiger partial charge in [0.15, 0.2) is 10.9 Å². The van der Waals surface area contributed by atoms with Crippen LogP contribution in [-0.2, 0) is 6.54 Å². The summed E-state index contributed by atoms with van der Waals surface area (Å²) >= 11 is 1.57.